The molecule has 0 aliphatic carbocycles. The van der Waals surface area contributed by atoms with Crippen LogP contribution in [0.15, 0.2) is 82.8 Å². The molecule has 3 rings (SSSR count). The lowest BCUT2D eigenvalue weighted by molar-refractivity contribution is 0.0696. The lowest BCUT2D eigenvalue weighted by Gasteiger charge is -2.09. The number of ether oxygens (including phenoxy) is 1. The van der Waals surface area contributed by atoms with Gasteiger partial charge in [-0.15, -0.1) is 0 Å². The smallest absolute Gasteiger partial charge is 0.336 e. The van der Waals surface area contributed by atoms with Crippen molar-refractivity contribution >= 4 is 33.6 Å². The quantitative estimate of drug-likeness (QED) is 0.375. The van der Waals surface area contributed by atoms with E-state index in [0.29, 0.717) is 22.7 Å². The zero-order chi connectivity index (χ0) is 21.6. The number of methoxy groups -OCH3 is 1. The Morgan fingerprint density at radius 1 is 0.967 bits per heavy atom. The fraction of sp³-hybridized carbons (Fsp3) is 0.0476. The number of hydrogen-bond donors (Lipinski definition) is 3. The van der Waals surface area contributed by atoms with Crippen LogP contribution < -0.4 is 14.9 Å². The third kappa shape index (κ3) is 5.15. The Hall–Kier alpha value is -3.85. The highest BCUT2D eigenvalue weighted by Crippen LogP contribution is 2.20. The number of carboxylic acids is 1. The number of nitrogens with zero attached hydrogens (tertiary/aromatic N) is 1. The second-order valence-corrected chi connectivity index (χ2v) is 7.80. The second-order valence-electron chi connectivity index (χ2n) is 6.12. The predicted molar refractivity (Wildman–Crippen MR) is 115 cm³/mol. The van der Waals surface area contributed by atoms with Gasteiger partial charge < -0.3 is 9.84 Å². The monoisotopic (exact) mass is 425 g/mol. The molecule has 154 valence electrons. The lowest BCUT2D eigenvalue weighted by Crippen LogP contribution is -2.12. The van der Waals surface area contributed by atoms with Gasteiger partial charge in [0.1, 0.15) is 5.75 Å². The van der Waals surface area contributed by atoms with Crippen molar-refractivity contribution in [3.05, 3.63) is 83.9 Å². The standard InChI is InChI=1S/C21H19N3O5S/c1-29-18-10-12-19(13-11-18)30(27,28)24-17-8-6-16(7-9-17)23-22-14-15-4-2-3-5-20(15)21(25)26/h2-14,23-24H,1H3,(H,25,26)/b22-14+. The predicted octanol–water partition coefficient (Wildman–Crippen LogP) is 3.64. The number of hydrogen-bond acceptors (Lipinski definition) is 6. The average molecular weight is 425 g/mol. The number of carbonyl (C=O) groups is 1. The summed E-state index contributed by atoms with van der Waals surface area (Å²) >= 11 is 0. The van der Waals surface area contributed by atoms with Gasteiger partial charge in [0.05, 0.1) is 29.5 Å². The van der Waals surface area contributed by atoms with E-state index in [1.54, 1.807) is 54.6 Å². The molecule has 8 nitrogen and oxygen atoms in total. The summed E-state index contributed by atoms with van der Waals surface area (Å²) in [5.41, 5.74) is 4.37. The fourth-order valence-electron chi connectivity index (χ4n) is 2.56. The van der Waals surface area contributed by atoms with Gasteiger partial charge >= 0.3 is 5.97 Å². The van der Waals surface area contributed by atoms with Crippen molar-refractivity contribution in [1.29, 1.82) is 0 Å². The van der Waals surface area contributed by atoms with Gasteiger partial charge in [0, 0.05) is 11.3 Å². The van der Waals surface area contributed by atoms with Crippen LogP contribution in [-0.2, 0) is 10.0 Å². The molecule has 0 aromatic heterocycles. The molecule has 0 spiro atoms. The third-order valence-electron chi connectivity index (χ3n) is 4.10. The van der Waals surface area contributed by atoms with Gasteiger partial charge in [0.2, 0.25) is 0 Å². The Balaban J connectivity index is 1.65. The molecule has 0 atom stereocenters. The van der Waals surface area contributed by atoms with Crippen molar-refractivity contribution in [2.45, 2.75) is 4.90 Å². The van der Waals surface area contributed by atoms with Crippen molar-refractivity contribution in [2.24, 2.45) is 5.10 Å². The molecule has 0 aliphatic rings. The molecular formula is C21H19N3O5S. The SMILES string of the molecule is COc1ccc(S(=O)(=O)Nc2ccc(N/N=C/c3ccccc3C(=O)O)cc2)cc1. The normalized spacial score (nSPS) is 11.2. The first kappa shape index (κ1) is 20.9. The van der Waals surface area contributed by atoms with Gasteiger partial charge in [-0.1, -0.05) is 18.2 Å². The Labute approximate surface area is 173 Å². The summed E-state index contributed by atoms with van der Waals surface area (Å²) in [6.07, 6.45) is 1.41. The molecule has 3 N–H and O–H groups in total. The van der Waals surface area contributed by atoms with Gasteiger partial charge in [-0.3, -0.25) is 10.1 Å². The van der Waals surface area contributed by atoms with E-state index in [1.165, 1.54) is 31.5 Å². The van der Waals surface area contributed by atoms with Crippen LogP contribution in [0.5, 0.6) is 5.75 Å². The number of aromatic carboxylic acids is 1. The van der Waals surface area contributed by atoms with E-state index < -0.39 is 16.0 Å². The zero-order valence-electron chi connectivity index (χ0n) is 15.9. The Morgan fingerprint density at radius 3 is 2.23 bits per heavy atom. The minimum atomic E-state index is -3.73. The summed E-state index contributed by atoms with van der Waals surface area (Å²) < 4.78 is 32.5. The minimum absolute atomic E-state index is 0.118. The van der Waals surface area contributed by atoms with Crippen LogP contribution in [0, 0.1) is 0 Å². The largest absolute Gasteiger partial charge is 0.497 e. The minimum Gasteiger partial charge on any atom is -0.497 e. The van der Waals surface area contributed by atoms with Crippen LogP contribution in [0.4, 0.5) is 11.4 Å². The highest BCUT2D eigenvalue weighted by molar-refractivity contribution is 7.92. The van der Waals surface area contributed by atoms with Gasteiger partial charge in [0.15, 0.2) is 0 Å². The number of anilines is 2. The van der Waals surface area contributed by atoms with Crippen LogP contribution in [0.2, 0.25) is 0 Å². The molecule has 0 unspecified atom stereocenters. The summed E-state index contributed by atoms with van der Waals surface area (Å²) in [6, 6.07) is 19.0. The second kappa shape index (κ2) is 9.10. The van der Waals surface area contributed by atoms with E-state index >= 15 is 0 Å². The van der Waals surface area contributed by atoms with Crippen molar-refractivity contribution in [2.75, 3.05) is 17.3 Å². The summed E-state index contributed by atoms with van der Waals surface area (Å²) in [7, 11) is -2.22. The van der Waals surface area contributed by atoms with Crippen molar-refractivity contribution in [3.8, 4) is 5.75 Å². The maximum atomic E-state index is 12.5. The van der Waals surface area contributed by atoms with Gasteiger partial charge in [-0.2, -0.15) is 5.10 Å². The molecule has 0 saturated heterocycles. The molecular weight excluding hydrogens is 406 g/mol. The van der Waals surface area contributed by atoms with Crippen LogP contribution in [0.1, 0.15) is 15.9 Å². The van der Waals surface area contributed by atoms with E-state index in [-0.39, 0.29) is 10.5 Å². The van der Waals surface area contributed by atoms with E-state index in [9.17, 15) is 13.2 Å². The van der Waals surface area contributed by atoms with Crippen molar-refractivity contribution < 1.29 is 23.1 Å². The van der Waals surface area contributed by atoms with Gasteiger partial charge in [-0.05, 0) is 54.6 Å². The number of carboxylic acid groups (broad SMARTS) is 1. The van der Waals surface area contributed by atoms with Crippen LogP contribution in [0.3, 0.4) is 0 Å². The zero-order valence-corrected chi connectivity index (χ0v) is 16.8. The highest BCUT2D eigenvalue weighted by atomic mass is 32.2. The average Bonchev–Trinajstić information content (AvgIpc) is 2.75. The van der Waals surface area contributed by atoms with Gasteiger partial charge in [-0.25, -0.2) is 13.2 Å². The number of hydrazone groups is 1. The first-order valence-corrected chi connectivity index (χ1v) is 10.3. The summed E-state index contributed by atoms with van der Waals surface area (Å²) in [5.74, 6) is -0.471. The topological polar surface area (TPSA) is 117 Å². The molecule has 9 heteroatoms. The first-order chi connectivity index (χ1) is 14.4. The molecule has 3 aromatic carbocycles. The van der Waals surface area contributed by atoms with Crippen LogP contribution in [0.25, 0.3) is 0 Å². The summed E-state index contributed by atoms with van der Waals surface area (Å²) in [4.78, 5) is 11.3. The third-order valence-corrected chi connectivity index (χ3v) is 5.49. The molecule has 0 bridgehead atoms. The van der Waals surface area contributed by atoms with Crippen molar-refractivity contribution in [1.82, 2.24) is 0 Å². The van der Waals surface area contributed by atoms with E-state index in [4.69, 9.17) is 9.84 Å². The fourth-order valence-corrected chi connectivity index (χ4v) is 3.62. The van der Waals surface area contributed by atoms with Crippen LogP contribution >= 0.6 is 0 Å². The molecule has 0 heterocycles. The molecule has 3 aromatic rings. The molecule has 0 fully saturated rings. The van der Waals surface area contributed by atoms with E-state index in [2.05, 4.69) is 15.2 Å². The Kier molecular flexibility index (Phi) is 6.33. The van der Waals surface area contributed by atoms with Crippen LogP contribution in [-0.4, -0.2) is 32.8 Å². The van der Waals surface area contributed by atoms with E-state index in [1.807, 2.05) is 0 Å². The number of benzene rings is 3. The molecule has 30 heavy (non-hydrogen) atoms. The maximum Gasteiger partial charge on any atom is 0.336 e. The molecule has 0 saturated carbocycles. The van der Waals surface area contributed by atoms with E-state index in [0.717, 1.165) is 0 Å². The number of rotatable bonds is 8. The number of sulfonamides is 1. The Morgan fingerprint density at radius 2 is 1.60 bits per heavy atom. The first-order valence-electron chi connectivity index (χ1n) is 8.77. The lowest BCUT2D eigenvalue weighted by atomic mass is 10.1. The maximum absolute atomic E-state index is 12.5. The number of nitrogens with one attached hydrogen (secondary N) is 2. The summed E-state index contributed by atoms with van der Waals surface area (Å²) in [5, 5.41) is 13.2. The molecule has 0 amide bonds. The highest BCUT2D eigenvalue weighted by Gasteiger charge is 2.14. The van der Waals surface area contributed by atoms with Gasteiger partial charge in [0.25, 0.3) is 10.0 Å². The van der Waals surface area contributed by atoms with Crippen molar-refractivity contribution in [3.63, 3.8) is 0 Å². The molecule has 0 radical (unpaired) electrons. The molecule has 0 aliphatic heterocycles. The Bertz CT molecular complexity index is 1160. The summed E-state index contributed by atoms with van der Waals surface area (Å²) in [6.45, 7) is 0.